The molecule has 1 aromatic rings. The predicted molar refractivity (Wildman–Crippen MR) is 82.8 cm³/mol. The summed E-state index contributed by atoms with van der Waals surface area (Å²) in [6, 6.07) is 5.19. The maximum absolute atomic E-state index is 14.4. The van der Waals surface area contributed by atoms with Crippen LogP contribution in [0.15, 0.2) is 18.2 Å². The standard InChI is InChI=1S/C17H24FN3/c18-16-14(6-3-7-15(16)17(19)20)11-21-9-8-12-4-1-2-5-13(12)10-21/h3,6-7,12-13H,1-2,4-5,8-11H2,(H3,19,20). The molecule has 1 saturated carbocycles. The van der Waals surface area contributed by atoms with Crippen molar-refractivity contribution in [2.45, 2.75) is 38.6 Å². The van der Waals surface area contributed by atoms with E-state index in [0.717, 1.165) is 24.9 Å². The number of nitrogens with zero attached hydrogens (tertiary/aromatic N) is 1. The first-order valence-electron chi connectivity index (χ1n) is 7.99. The summed E-state index contributed by atoms with van der Waals surface area (Å²) in [5.41, 5.74) is 6.32. The minimum absolute atomic E-state index is 0.194. The molecule has 3 rings (SSSR count). The van der Waals surface area contributed by atoms with Crippen molar-refractivity contribution >= 4 is 5.84 Å². The minimum Gasteiger partial charge on any atom is -0.384 e. The third kappa shape index (κ3) is 3.10. The van der Waals surface area contributed by atoms with Crippen LogP contribution in [0.5, 0.6) is 0 Å². The fourth-order valence-corrected chi connectivity index (χ4v) is 3.97. The molecule has 2 aliphatic rings. The second-order valence-electron chi connectivity index (χ2n) is 6.52. The monoisotopic (exact) mass is 289 g/mol. The molecule has 0 amide bonds. The Bertz CT molecular complexity index is 529. The number of likely N-dealkylation sites (tertiary alicyclic amines) is 1. The van der Waals surface area contributed by atoms with Gasteiger partial charge in [0.15, 0.2) is 0 Å². The lowest BCUT2D eigenvalue weighted by Crippen LogP contribution is -2.41. The van der Waals surface area contributed by atoms with Crippen molar-refractivity contribution in [3.05, 3.63) is 35.1 Å². The van der Waals surface area contributed by atoms with E-state index >= 15 is 0 Å². The van der Waals surface area contributed by atoms with Crippen molar-refractivity contribution < 1.29 is 4.39 Å². The summed E-state index contributed by atoms with van der Waals surface area (Å²) < 4.78 is 14.4. The summed E-state index contributed by atoms with van der Waals surface area (Å²) in [5.74, 6) is 1.17. The number of hydrogen-bond acceptors (Lipinski definition) is 2. The molecule has 2 fully saturated rings. The van der Waals surface area contributed by atoms with Crippen LogP contribution in [-0.2, 0) is 6.54 Å². The minimum atomic E-state index is -0.323. The summed E-state index contributed by atoms with van der Waals surface area (Å²) in [4.78, 5) is 2.37. The van der Waals surface area contributed by atoms with Crippen molar-refractivity contribution in [1.29, 1.82) is 5.41 Å². The number of benzene rings is 1. The van der Waals surface area contributed by atoms with Gasteiger partial charge >= 0.3 is 0 Å². The van der Waals surface area contributed by atoms with Gasteiger partial charge in [-0.3, -0.25) is 10.3 Å². The Morgan fingerprint density at radius 3 is 2.76 bits per heavy atom. The smallest absolute Gasteiger partial charge is 0.138 e. The van der Waals surface area contributed by atoms with E-state index in [9.17, 15) is 4.39 Å². The molecule has 1 aliphatic heterocycles. The van der Waals surface area contributed by atoms with Gasteiger partial charge in [-0.05, 0) is 37.3 Å². The Morgan fingerprint density at radius 1 is 1.24 bits per heavy atom. The van der Waals surface area contributed by atoms with E-state index in [-0.39, 0.29) is 17.2 Å². The number of nitrogens with two attached hydrogens (primary N) is 1. The molecule has 0 radical (unpaired) electrons. The average Bonchev–Trinajstić information content (AvgIpc) is 2.49. The highest BCUT2D eigenvalue weighted by molar-refractivity contribution is 5.95. The van der Waals surface area contributed by atoms with E-state index in [1.165, 1.54) is 32.1 Å². The van der Waals surface area contributed by atoms with E-state index in [1.54, 1.807) is 12.1 Å². The Hall–Kier alpha value is -1.42. The molecule has 0 bridgehead atoms. The van der Waals surface area contributed by atoms with Gasteiger partial charge in [-0.25, -0.2) is 4.39 Å². The summed E-state index contributed by atoms with van der Waals surface area (Å²) in [6.07, 6.45) is 6.70. The lowest BCUT2D eigenvalue weighted by Gasteiger charge is -2.41. The molecule has 1 aliphatic carbocycles. The van der Waals surface area contributed by atoms with E-state index in [2.05, 4.69) is 4.90 Å². The van der Waals surface area contributed by atoms with Crippen LogP contribution in [0.1, 0.15) is 43.2 Å². The van der Waals surface area contributed by atoms with Crippen molar-refractivity contribution in [2.75, 3.05) is 13.1 Å². The highest BCUT2D eigenvalue weighted by atomic mass is 19.1. The highest BCUT2D eigenvalue weighted by Crippen LogP contribution is 2.36. The van der Waals surface area contributed by atoms with Gasteiger partial charge < -0.3 is 5.73 Å². The number of piperidine rings is 1. The van der Waals surface area contributed by atoms with Crippen LogP contribution in [0.25, 0.3) is 0 Å². The first kappa shape index (κ1) is 14.5. The number of nitrogens with one attached hydrogen (secondary N) is 1. The molecule has 0 aromatic heterocycles. The van der Waals surface area contributed by atoms with Crippen LogP contribution in [-0.4, -0.2) is 23.8 Å². The fourth-order valence-electron chi connectivity index (χ4n) is 3.97. The van der Waals surface area contributed by atoms with Gasteiger partial charge in [0.05, 0.1) is 5.56 Å². The zero-order chi connectivity index (χ0) is 14.8. The van der Waals surface area contributed by atoms with Gasteiger partial charge in [0.25, 0.3) is 0 Å². The number of nitrogen functional groups attached to an aromatic ring is 1. The van der Waals surface area contributed by atoms with Gasteiger partial charge in [0.2, 0.25) is 0 Å². The first-order valence-corrected chi connectivity index (χ1v) is 7.99. The number of hydrogen-bond donors (Lipinski definition) is 2. The zero-order valence-electron chi connectivity index (χ0n) is 12.4. The molecule has 4 heteroatoms. The quantitative estimate of drug-likeness (QED) is 0.663. The summed E-state index contributed by atoms with van der Waals surface area (Å²) in [6.45, 7) is 2.79. The van der Waals surface area contributed by atoms with Crippen molar-refractivity contribution in [3.63, 3.8) is 0 Å². The summed E-state index contributed by atoms with van der Waals surface area (Å²) in [7, 11) is 0. The van der Waals surface area contributed by atoms with Crippen LogP contribution >= 0.6 is 0 Å². The van der Waals surface area contributed by atoms with E-state index in [0.29, 0.717) is 12.1 Å². The Kier molecular flexibility index (Phi) is 4.24. The first-order chi connectivity index (χ1) is 10.1. The fraction of sp³-hybridized carbons (Fsp3) is 0.588. The maximum Gasteiger partial charge on any atom is 0.138 e. The van der Waals surface area contributed by atoms with Crippen LogP contribution < -0.4 is 5.73 Å². The van der Waals surface area contributed by atoms with Crippen LogP contribution in [0, 0.1) is 23.1 Å². The molecule has 2 atom stereocenters. The molecule has 0 spiro atoms. The van der Waals surface area contributed by atoms with Gasteiger partial charge in [-0.1, -0.05) is 31.4 Å². The van der Waals surface area contributed by atoms with E-state index < -0.39 is 0 Å². The topological polar surface area (TPSA) is 53.1 Å². The number of fused-ring (bicyclic) bond motifs is 1. The zero-order valence-corrected chi connectivity index (χ0v) is 12.4. The summed E-state index contributed by atoms with van der Waals surface area (Å²) >= 11 is 0. The molecule has 3 nitrogen and oxygen atoms in total. The highest BCUT2D eigenvalue weighted by Gasteiger charge is 2.31. The third-order valence-corrected chi connectivity index (χ3v) is 5.14. The van der Waals surface area contributed by atoms with Gasteiger partial charge in [0, 0.05) is 18.7 Å². The summed E-state index contributed by atoms with van der Waals surface area (Å²) in [5, 5.41) is 7.44. The molecule has 3 N–H and O–H groups in total. The van der Waals surface area contributed by atoms with Crippen molar-refractivity contribution in [2.24, 2.45) is 17.6 Å². The van der Waals surface area contributed by atoms with E-state index in [1.807, 2.05) is 6.07 Å². The molecular formula is C17H24FN3. The number of rotatable bonds is 3. The average molecular weight is 289 g/mol. The molecule has 21 heavy (non-hydrogen) atoms. The Balaban J connectivity index is 1.69. The lowest BCUT2D eigenvalue weighted by molar-refractivity contribution is 0.0813. The number of amidine groups is 1. The van der Waals surface area contributed by atoms with Gasteiger partial charge in [0.1, 0.15) is 11.7 Å². The normalized spacial score (nSPS) is 26.3. The second kappa shape index (κ2) is 6.14. The van der Waals surface area contributed by atoms with Gasteiger partial charge in [-0.15, -0.1) is 0 Å². The molecule has 1 heterocycles. The van der Waals surface area contributed by atoms with Gasteiger partial charge in [-0.2, -0.15) is 0 Å². The molecule has 1 saturated heterocycles. The largest absolute Gasteiger partial charge is 0.384 e. The molecule has 2 unspecified atom stereocenters. The second-order valence-corrected chi connectivity index (χ2v) is 6.52. The third-order valence-electron chi connectivity index (χ3n) is 5.14. The van der Waals surface area contributed by atoms with Crippen LogP contribution in [0.4, 0.5) is 4.39 Å². The SMILES string of the molecule is N=C(N)c1cccc(CN2CCC3CCCCC3C2)c1F. The van der Waals surface area contributed by atoms with Crippen LogP contribution in [0.3, 0.4) is 0 Å². The molecule has 1 aromatic carbocycles. The molecular weight excluding hydrogens is 265 g/mol. The van der Waals surface area contributed by atoms with Crippen molar-refractivity contribution in [3.8, 4) is 0 Å². The molecule has 114 valence electrons. The predicted octanol–water partition coefficient (Wildman–Crippen LogP) is 3.12. The van der Waals surface area contributed by atoms with Crippen molar-refractivity contribution in [1.82, 2.24) is 4.90 Å². The Morgan fingerprint density at radius 2 is 2.00 bits per heavy atom. The number of halogens is 1. The van der Waals surface area contributed by atoms with Crippen LogP contribution in [0.2, 0.25) is 0 Å². The lowest BCUT2D eigenvalue weighted by atomic mass is 9.75. The van der Waals surface area contributed by atoms with E-state index in [4.69, 9.17) is 11.1 Å². The Labute approximate surface area is 125 Å². The maximum atomic E-state index is 14.4.